The fraction of sp³-hybridized carbons (Fsp3) is 1.00. The van der Waals surface area contributed by atoms with Gasteiger partial charge in [-0.2, -0.15) is 0 Å². The maximum Gasteiger partial charge on any atom is 0.00360 e. The Kier molecular flexibility index (Phi) is 4.19. The van der Waals surface area contributed by atoms with Crippen molar-refractivity contribution in [1.29, 1.82) is 0 Å². The fourth-order valence-corrected chi connectivity index (χ4v) is 3.76. The molecule has 0 spiro atoms. The van der Waals surface area contributed by atoms with Crippen LogP contribution in [0.3, 0.4) is 0 Å². The van der Waals surface area contributed by atoms with Crippen LogP contribution in [-0.4, -0.2) is 37.6 Å². The molecule has 2 nitrogen and oxygen atoms in total. The molecule has 3 fully saturated rings. The number of hydrogen-bond acceptors (Lipinski definition) is 2. The van der Waals surface area contributed by atoms with Gasteiger partial charge in [-0.1, -0.05) is 13.8 Å². The van der Waals surface area contributed by atoms with Crippen LogP contribution in [0, 0.1) is 23.2 Å². The van der Waals surface area contributed by atoms with Crippen molar-refractivity contribution in [2.75, 3.05) is 32.7 Å². The summed E-state index contributed by atoms with van der Waals surface area (Å²) in [5, 5.41) is 3.60. The molecule has 110 valence electrons. The van der Waals surface area contributed by atoms with E-state index >= 15 is 0 Å². The molecule has 0 bridgehead atoms. The minimum absolute atomic E-state index is 0.483. The van der Waals surface area contributed by atoms with Crippen LogP contribution in [0.1, 0.15) is 52.4 Å². The van der Waals surface area contributed by atoms with Crippen molar-refractivity contribution in [3.8, 4) is 0 Å². The first-order valence-electron chi connectivity index (χ1n) is 8.56. The highest BCUT2D eigenvalue weighted by atomic mass is 15.1. The first kappa shape index (κ1) is 13.9. The van der Waals surface area contributed by atoms with Gasteiger partial charge in [0, 0.05) is 19.6 Å². The number of hydrogen-bond donors (Lipinski definition) is 1. The molecule has 1 aliphatic heterocycles. The molecule has 19 heavy (non-hydrogen) atoms. The van der Waals surface area contributed by atoms with E-state index in [0.717, 1.165) is 17.8 Å². The van der Waals surface area contributed by atoms with Crippen LogP contribution in [0.15, 0.2) is 0 Å². The van der Waals surface area contributed by atoms with E-state index in [1.54, 1.807) is 0 Å². The van der Waals surface area contributed by atoms with Crippen molar-refractivity contribution in [2.45, 2.75) is 52.4 Å². The van der Waals surface area contributed by atoms with Crippen molar-refractivity contribution in [3.05, 3.63) is 0 Å². The summed E-state index contributed by atoms with van der Waals surface area (Å²) in [6, 6.07) is 0. The lowest BCUT2D eigenvalue weighted by Crippen LogP contribution is -2.45. The van der Waals surface area contributed by atoms with Crippen LogP contribution in [0.4, 0.5) is 0 Å². The molecule has 3 aliphatic rings. The Labute approximate surface area is 119 Å². The number of piperidine rings is 1. The van der Waals surface area contributed by atoms with Crippen molar-refractivity contribution < 1.29 is 0 Å². The zero-order chi connectivity index (χ0) is 13.3. The summed E-state index contributed by atoms with van der Waals surface area (Å²) in [5.74, 6) is 2.96. The first-order valence-corrected chi connectivity index (χ1v) is 8.56. The minimum atomic E-state index is 0.483. The zero-order valence-corrected chi connectivity index (χ0v) is 13.0. The van der Waals surface area contributed by atoms with Gasteiger partial charge >= 0.3 is 0 Å². The van der Waals surface area contributed by atoms with Crippen molar-refractivity contribution in [2.24, 2.45) is 23.2 Å². The van der Waals surface area contributed by atoms with Gasteiger partial charge in [-0.3, -0.25) is 0 Å². The molecule has 0 aromatic heterocycles. The quantitative estimate of drug-likeness (QED) is 0.760. The average molecular weight is 264 g/mol. The average Bonchev–Trinajstić information content (AvgIpc) is 3.26. The monoisotopic (exact) mass is 264 g/mol. The highest BCUT2D eigenvalue weighted by Gasteiger charge is 2.36. The Bertz CT molecular complexity index is 272. The summed E-state index contributed by atoms with van der Waals surface area (Å²) >= 11 is 0. The summed E-state index contributed by atoms with van der Waals surface area (Å²) in [6.07, 6.45) is 8.78. The smallest absolute Gasteiger partial charge is 0.00360 e. The van der Waals surface area contributed by atoms with E-state index in [4.69, 9.17) is 0 Å². The largest absolute Gasteiger partial charge is 0.316 e. The van der Waals surface area contributed by atoms with Gasteiger partial charge < -0.3 is 10.2 Å². The van der Waals surface area contributed by atoms with Gasteiger partial charge in [0.25, 0.3) is 0 Å². The second-order valence-corrected chi connectivity index (χ2v) is 8.11. The van der Waals surface area contributed by atoms with Crippen molar-refractivity contribution in [3.63, 3.8) is 0 Å². The predicted octanol–water partition coefficient (Wildman–Crippen LogP) is 3.13. The molecule has 1 heterocycles. The summed E-state index contributed by atoms with van der Waals surface area (Å²) in [7, 11) is 0. The van der Waals surface area contributed by atoms with Gasteiger partial charge in [-0.25, -0.2) is 0 Å². The van der Waals surface area contributed by atoms with Crippen molar-refractivity contribution >= 4 is 0 Å². The summed E-state index contributed by atoms with van der Waals surface area (Å²) in [6.45, 7) is 11.6. The van der Waals surface area contributed by atoms with E-state index in [9.17, 15) is 0 Å². The van der Waals surface area contributed by atoms with Crippen LogP contribution in [0.5, 0.6) is 0 Å². The van der Waals surface area contributed by atoms with E-state index in [1.165, 1.54) is 71.2 Å². The highest BCUT2D eigenvalue weighted by Crippen LogP contribution is 2.37. The first-order chi connectivity index (χ1) is 9.13. The van der Waals surface area contributed by atoms with Gasteiger partial charge in [0.1, 0.15) is 0 Å². The van der Waals surface area contributed by atoms with Gasteiger partial charge in [0.2, 0.25) is 0 Å². The minimum Gasteiger partial charge on any atom is -0.316 e. The highest BCUT2D eigenvalue weighted by molar-refractivity contribution is 4.89. The number of rotatable bonds is 7. The Balaban J connectivity index is 1.54. The lowest BCUT2D eigenvalue weighted by atomic mass is 9.74. The maximum atomic E-state index is 3.60. The Morgan fingerprint density at radius 2 is 1.63 bits per heavy atom. The fourth-order valence-electron chi connectivity index (χ4n) is 3.76. The standard InChI is InChI=1S/C17H32N2/c1-17(2,16-4-3-9-18-10-16)13-19(11-14-5-6-14)12-15-7-8-15/h14-16,18H,3-13H2,1-2H3. The molecular formula is C17H32N2. The zero-order valence-electron chi connectivity index (χ0n) is 13.0. The van der Waals surface area contributed by atoms with E-state index < -0.39 is 0 Å². The molecule has 0 radical (unpaired) electrons. The molecule has 0 amide bonds. The Hall–Kier alpha value is -0.0800. The third-order valence-corrected chi connectivity index (χ3v) is 5.46. The second kappa shape index (κ2) is 5.73. The normalized spacial score (nSPS) is 28.9. The summed E-state index contributed by atoms with van der Waals surface area (Å²) in [5.41, 5.74) is 0.483. The van der Waals surface area contributed by atoms with Crippen LogP contribution in [0.25, 0.3) is 0 Å². The number of nitrogens with zero attached hydrogens (tertiary/aromatic N) is 1. The predicted molar refractivity (Wildman–Crippen MR) is 81.3 cm³/mol. The molecule has 2 aliphatic carbocycles. The molecule has 2 saturated carbocycles. The number of nitrogens with one attached hydrogen (secondary N) is 1. The molecule has 1 unspecified atom stereocenters. The molecule has 1 saturated heterocycles. The third kappa shape index (κ3) is 4.19. The topological polar surface area (TPSA) is 15.3 Å². The molecule has 1 N–H and O–H groups in total. The van der Waals surface area contributed by atoms with E-state index in [-0.39, 0.29) is 0 Å². The molecule has 3 rings (SSSR count). The molecule has 0 aromatic carbocycles. The van der Waals surface area contributed by atoms with E-state index in [0.29, 0.717) is 5.41 Å². The van der Waals surface area contributed by atoms with Gasteiger partial charge in [0.15, 0.2) is 0 Å². The summed E-state index contributed by atoms with van der Waals surface area (Å²) < 4.78 is 0. The lowest BCUT2D eigenvalue weighted by molar-refractivity contribution is 0.0944. The lowest BCUT2D eigenvalue weighted by Gasteiger charge is -2.41. The van der Waals surface area contributed by atoms with Gasteiger partial charge in [0.05, 0.1) is 0 Å². The van der Waals surface area contributed by atoms with Crippen molar-refractivity contribution in [1.82, 2.24) is 10.2 Å². The summed E-state index contributed by atoms with van der Waals surface area (Å²) in [4.78, 5) is 2.82. The van der Waals surface area contributed by atoms with E-state index in [2.05, 4.69) is 24.1 Å². The van der Waals surface area contributed by atoms with Crippen LogP contribution in [0.2, 0.25) is 0 Å². The van der Waals surface area contributed by atoms with Crippen LogP contribution >= 0.6 is 0 Å². The maximum absolute atomic E-state index is 3.60. The SMILES string of the molecule is CC(C)(CN(CC1CC1)CC1CC1)C1CCCNC1. The van der Waals surface area contributed by atoms with Crippen LogP contribution < -0.4 is 5.32 Å². The third-order valence-electron chi connectivity index (χ3n) is 5.46. The van der Waals surface area contributed by atoms with Gasteiger partial charge in [-0.15, -0.1) is 0 Å². The molecule has 1 atom stereocenters. The molecule has 2 heteroatoms. The molecule has 0 aromatic rings. The van der Waals surface area contributed by atoms with Crippen LogP contribution in [-0.2, 0) is 0 Å². The Morgan fingerprint density at radius 3 is 2.11 bits per heavy atom. The van der Waals surface area contributed by atoms with E-state index in [1.807, 2.05) is 0 Å². The Morgan fingerprint density at radius 1 is 1.00 bits per heavy atom. The molecular weight excluding hydrogens is 232 g/mol. The van der Waals surface area contributed by atoms with Gasteiger partial charge in [-0.05, 0) is 74.8 Å². The second-order valence-electron chi connectivity index (χ2n) is 8.11.